The molecular formula is C18H12Cl2FN3O3. The zero-order chi connectivity index (χ0) is 19.6. The number of H-pyrrole nitrogens is 1. The van der Waals surface area contributed by atoms with Crippen LogP contribution in [0.3, 0.4) is 0 Å². The van der Waals surface area contributed by atoms with Crippen LogP contribution >= 0.6 is 23.2 Å². The molecule has 3 rings (SSSR count). The summed E-state index contributed by atoms with van der Waals surface area (Å²) in [5.41, 5.74) is -1.49. The van der Waals surface area contributed by atoms with Crippen molar-refractivity contribution < 1.29 is 9.18 Å². The number of amides is 1. The van der Waals surface area contributed by atoms with E-state index in [1.807, 2.05) is 0 Å². The maximum absolute atomic E-state index is 13.8. The lowest BCUT2D eigenvalue weighted by Crippen LogP contribution is -2.39. The number of halogens is 3. The molecule has 0 aliphatic heterocycles. The fourth-order valence-electron chi connectivity index (χ4n) is 2.39. The average Bonchev–Trinajstić information content (AvgIpc) is 2.62. The molecule has 0 aliphatic carbocycles. The third kappa shape index (κ3) is 4.10. The van der Waals surface area contributed by atoms with Crippen molar-refractivity contribution in [2.24, 2.45) is 0 Å². The van der Waals surface area contributed by atoms with Gasteiger partial charge < -0.3 is 10.3 Å². The number of carbonyl (C=O) groups is 1. The highest BCUT2D eigenvalue weighted by atomic mass is 35.5. The predicted octanol–water partition coefficient (Wildman–Crippen LogP) is 3.28. The Balaban J connectivity index is 1.95. The van der Waals surface area contributed by atoms with Crippen LogP contribution in [-0.2, 0) is 6.54 Å². The van der Waals surface area contributed by atoms with Crippen molar-refractivity contribution in [1.82, 2.24) is 9.55 Å². The van der Waals surface area contributed by atoms with Crippen molar-refractivity contribution in [3.05, 3.63) is 96.5 Å². The van der Waals surface area contributed by atoms with Crippen LogP contribution in [0.5, 0.6) is 0 Å². The third-order valence-electron chi connectivity index (χ3n) is 3.77. The smallest absolute Gasteiger partial charge is 0.319 e. The van der Waals surface area contributed by atoms with Gasteiger partial charge in [-0.3, -0.25) is 14.2 Å². The first-order valence-electron chi connectivity index (χ1n) is 7.69. The second kappa shape index (κ2) is 7.77. The minimum atomic E-state index is -0.870. The zero-order valence-corrected chi connectivity index (χ0v) is 15.1. The molecule has 0 atom stereocenters. The molecule has 2 N–H and O–H groups in total. The molecule has 0 radical (unpaired) electrons. The van der Waals surface area contributed by atoms with Crippen molar-refractivity contribution in [1.29, 1.82) is 0 Å². The van der Waals surface area contributed by atoms with E-state index in [2.05, 4.69) is 10.3 Å². The molecule has 1 amide bonds. The summed E-state index contributed by atoms with van der Waals surface area (Å²) in [5.74, 6) is -1.62. The number of hydrogen-bond acceptors (Lipinski definition) is 3. The highest BCUT2D eigenvalue weighted by Crippen LogP contribution is 2.19. The first-order chi connectivity index (χ1) is 12.9. The number of benzene rings is 2. The Morgan fingerprint density at radius 2 is 1.89 bits per heavy atom. The van der Waals surface area contributed by atoms with E-state index in [9.17, 15) is 18.8 Å². The van der Waals surface area contributed by atoms with Gasteiger partial charge in [0.15, 0.2) is 0 Å². The number of rotatable bonds is 4. The predicted molar refractivity (Wildman–Crippen MR) is 101 cm³/mol. The topological polar surface area (TPSA) is 84.0 Å². The van der Waals surface area contributed by atoms with E-state index in [1.54, 1.807) is 24.3 Å². The molecule has 27 heavy (non-hydrogen) atoms. The van der Waals surface area contributed by atoms with Crippen molar-refractivity contribution >= 4 is 34.8 Å². The van der Waals surface area contributed by atoms with Crippen LogP contribution in [0.4, 0.5) is 10.1 Å². The molecule has 0 aliphatic rings. The lowest BCUT2D eigenvalue weighted by atomic mass is 10.2. The Hall–Kier alpha value is -2.90. The Morgan fingerprint density at radius 3 is 2.59 bits per heavy atom. The molecule has 138 valence electrons. The Kier molecular flexibility index (Phi) is 5.43. The van der Waals surface area contributed by atoms with Crippen LogP contribution in [0.2, 0.25) is 10.0 Å². The van der Waals surface area contributed by atoms with E-state index in [0.717, 1.165) is 16.8 Å². The standard InChI is InChI=1S/C18H12Cl2FN3O3/c19-11-5-6-15(14(21)7-11)23-16(25)12-8-22-18(27)24(17(12)26)9-10-3-1-2-4-13(10)20/h1-8H,9H2,(H,22,27)(H,23,25). The molecule has 0 saturated carbocycles. The lowest BCUT2D eigenvalue weighted by Gasteiger charge is -2.09. The average molecular weight is 408 g/mol. The highest BCUT2D eigenvalue weighted by molar-refractivity contribution is 6.31. The summed E-state index contributed by atoms with van der Waals surface area (Å²) >= 11 is 11.7. The maximum Gasteiger partial charge on any atom is 0.328 e. The second-order valence-corrected chi connectivity index (χ2v) is 6.41. The Bertz CT molecular complexity index is 1140. The van der Waals surface area contributed by atoms with Gasteiger partial charge in [0.2, 0.25) is 0 Å². The van der Waals surface area contributed by atoms with Crippen molar-refractivity contribution in [2.75, 3.05) is 5.32 Å². The second-order valence-electron chi connectivity index (χ2n) is 5.57. The van der Waals surface area contributed by atoms with E-state index < -0.39 is 23.0 Å². The van der Waals surface area contributed by atoms with Gasteiger partial charge in [-0.1, -0.05) is 41.4 Å². The molecule has 6 nitrogen and oxygen atoms in total. The minimum absolute atomic E-state index is 0.121. The molecule has 9 heteroatoms. The monoisotopic (exact) mass is 407 g/mol. The summed E-state index contributed by atoms with van der Waals surface area (Å²) in [7, 11) is 0. The molecule has 3 aromatic rings. The SMILES string of the molecule is O=C(Nc1ccc(Cl)cc1F)c1c[nH]c(=O)n(Cc2ccccc2Cl)c1=O. The molecule has 0 saturated heterocycles. The van der Waals surface area contributed by atoms with E-state index in [1.165, 1.54) is 12.1 Å². The molecule has 0 bridgehead atoms. The van der Waals surface area contributed by atoms with Gasteiger partial charge in [-0.25, -0.2) is 9.18 Å². The van der Waals surface area contributed by atoms with Crippen LogP contribution in [0.25, 0.3) is 0 Å². The van der Waals surface area contributed by atoms with Crippen molar-refractivity contribution in [2.45, 2.75) is 6.54 Å². The summed E-state index contributed by atoms with van der Waals surface area (Å²) in [6.07, 6.45) is 0.983. The van der Waals surface area contributed by atoms with Crippen LogP contribution in [0.1, 0.15) is 15.9 Å². The van der Waals surface area contributed by atoms with Gasteiger partial charge in [-0.05, 0) is 29.8 Å². The molecule has 2 aromatic carbocycles. The number of carbonyl (C=O) groups excluding carboxylic acids is 1. The summed E-state index contributed by atoms with van der Waals surface area (Å²) in [6, 6.07) is 10.4. The van der Waals surface area contributed by atoms with Gasteiger partial charge in [0.1, 0.15) is 11.4 Å². The van der Waals surface area contributed by atoms with Crippen molar-refractivity contribution in [3.8, 4) is 0 Å². The molecule has 0 unspecified atom stereocenters. The first-order valence-corrected chi connectivity index (χ1v) is 8.44. The normalized spacial score (nSPS) is 10.6. The van der Waals surface area contributed by atoms with Crippen LogP contribution in [0.15, 0.2) is 58.3 Å². The van der Waals surface area contributed by atoms with E-state index >= 15 is 0 Å². The largest absolute Gasteiger partial charge is 0.328 e. The number of aromatic amines is 1. The highest BCUT2D eigenvalue weighted by Gasteiger charge is 2.17. The third-order valence-corrected chi connectivity index (χ3v) is 4.37. The zero-order valence-electron chi connectivity index (χ0n) is 13.6. The van der Waals surface area contributed by atoms with Crippen LogP contribution in [0, 0.1) is 5.82 Å². The molecular weight excluding hydrogens is 396 g/mol. The van der Waals surface area contributed by atoms with E-state index in [0.29, 0.717) is 10.6 Å². The maximum atomic E-state index is 13.8. The number of nitrogens with zero attached hydrogens (tertiary/aromatic N) is 1. The fourth-order valence-corrected chi connectivity index (χ4v) is 2.75. The Morgan fingerprint density at radius 1 is 1.15 bits per heavy atom. The van der Waals surface area contributed by atoms with E-state index in [-0.39, 0.29) is 22.8 Å². The number of hydrogen-bond donors (Lipinski definition) is 2. The minimum Gasteiger partial charge on any atom is -0.319 e. The molecule has 0 spiro atoms. The fraction of sp³-hybridized carbons (Fsp3) is 0.0556. The molecule has 0 fully saturated rings. The summed E-state index contributed by atoms with van der Waals surface area (Å²) in [5, 5.41) is 2.82. The van der Waals surface area contributed by atoms with Crippen molar-refractivity contribution in [3.63, 3.8) is 0 Å². The number of nitrogens with one attached hydrogen (secondary N) is 2. The van der Waals surface area contributed by atoms with Gasteiger partial charge in [-0.15, -0.1) is 0 Å². The quantitative estimate of drug-likeness (QED) is 0.695. The van der Waals surface area contributed by atoms with Gasteiger partial charge in [0.25, 0.3) is 11.5 Å². The van der Waals surface area contributed by atoms with Gasteiger partial charge in [-0.2, -0.15) is 0 Å². The van der Waals surface area contributed by atoms with Gasteiger partial charge in [0.05, 0.1) is 12.2 Å². The summed E-state index contributed by atoms with van der Waals surface area (Å²) in [4.78, 5) is 39.3. The van der Waals surface area contributed by atoms with Gasteiger partial charge >= 0.3 is 5.69 Å². The van der Waals surface area contributed by atoms with Crippen LogP contribution < -0.4 is 16.6 Å². The lowest BCUT2D eigenvalue weighted by molar-refractivity contribution is 0.102. The summed E-state index contributed by atoms with van der Waals surface area (Å²) in [6.45, 7) is -0.121. The Labute approximate surface area is 162 Å². The molecule has 1 heterocycles. The number of anilines is 1. The van der Waals surface area contributed by atoms with Gasteiger partial charge in [0, 0.05) is 16.2 Å². The number of aromatic nitrogens is 2. The van der Waals surface area contributed by atoms with E-state index in [4.69, 9.17) is 23.2 Å². The molecule has 1 aromatic heterocycles. The first kappa shape index (κ1) is 18.9. The van der Waals surface area contributed by atoms with Crippen LogP contribution in [-0.4, -0.2) is 15.5 Å². The summed E-state index contributed by atoms with van der Waals surface area (Å²) < 4.78 is 14.7.